The molecule has 0 bridgehead atoms. The molecule has 0 fully saturated rings. The number of Topliss-reactive ketones (excluding diaryl/α,β-unsaturated/α-hetero) is 1. The summed E-state index contributed by atoms with van der Waals surface area (Å²) in [5, 5.41) is 4.14. The lowest BCUT2D eigenvalue weighted by Crippen LogP contribution is -2.02. The Morgan fingerprint density at radius 1 is 1.09 bits per heavy atom. The van der Waals surface area contributed by atoms with Crippen molar-refractivity contribution in [2.45, 2.75) is 13.8 Å². The van der Waals surface area contributed by atoms with Crippen LogP contribution in [0.4, 0.5) is 5.69 Å². The van der Waals surface area contributed by atoms with Gasteiger partial charge in [-0.15, -0.1) is 0 Å². The molecule has 0 radical (unpaired) electrons. The van der Waals surface area contributed by atoms with Crippen LogP contribution in [0.2, 0.25) is 0 Å². The predicted octanol–water partition coefficient (Wildman–Crippen LogP) is 4.45. The molecule has 3 nitrogen and oxygen atoms in total. The molecule has 3 aromatic rings. The summed E-state index contributed by atoms with van der Waals surface area (Å²) in [6, 6.07) is 14.0. The molecular weight excluding hydrogens is 272 g/mol. The van der Waals surface area contributed by atoms with Crippen LogP contribution in [0.25, 0.3) is 22.0 Å². The number of carbonyl (C=O) groups is 1. The zero-order chi connectivity index (χ0) is 15.7. The quantitative estimate of drug-likeness (QED) is 0.724. The molecule has 1 N–H and O–H groups in total. The van der Waals surface area contributed by atoms with Crippen LogP contribution in [0, 0.1) is 6.92 Å². The van der Waals surface area contributed by atoms with Gasteiger partial charge in [0.15, 0.2) is 5.78 Å². The number of pyridine rings is 1. The minimum atomic E-state index is 0.0514. The summed E-state index contributed by atoms with van der Waals surface area (Å²) in [5.74, 6) is 0.0514. The number of nitrogens with one attached hydrogen (secondary N) is 1. The minimum absolute atomic E-state index is 0.0514. The van der Waals surface area contributed by atoms with E-state index >= 15 is 0 Å². The van der Waals surface area contributed by atoms with Crippen molar-refractivity contribution in [3.63, 3.8) is 0 Å². The van der Waals surface area contributed by atoms with E-state index in [4.69, 9.17) is 0 Å². The highest BCUT2D eigenvalue weighted by Gasteiger charge is 2.16. The Kier molecular flexibility index (Phi) is 3.63. The number of carbonyl (C=O) groups excluding carboxylic acids is 1. The third-order valence-electron chi connectivity index (χ3n) is 3.96. The Bertz CT molecular complexity index is 868. The van der Waals surface area contributed by atoms with Gasteiger partial charge < -0.3 is 5.32 Å². The molecule has 22 heavy (non-hydrogen) atoms. The van der Waals surface area contributed by atoms with E-state index in [1.54, 1.807) is 13.1 Å². The van der Waals surface area contributed by atoms with E-state index in [-0.39, 0.29) is 5.78 Å². The smallest absolute Gasteiger partial charge is 0.160 e. The predicted molar refractivity (Wildman–Crippen MR) is 91.5 cm³/mol. The summed E-state index contributed by atoms with van der Waals surface area (Å²) in [5.41, 5.74) is 5.79. The van der Waals surface area contributed by atoms with Crippen molar-refractivity contribution in [3.8, 4) is 11.1 Å². The van der Waals surface area contributed by atoms with Gasteiger partial charge in [-0.25, -0.2) is 0 Å². The van der Waals surface area contributed by atoms with E-state index in [9.17, 15) is 4.79 Å². The van der Waals surface area contributed by atoms with Crippen molar-refractivity contribution in [3.05, 3.63) is 59.8 Å². The Labute approximate surface area is 130 Å². The van der Waals surface area contributed by atoms with Crippen LogP contribution >= 0.6 is 0 Å². The topological polar surface area (TPSA) is 42.0 Å². The Morgan fingerprint density at radius 2 is 1.86 bits per heavy atom. The summed E-state index contributed by atoms with van der Waals surface area (Å²) >= 11 is 0. The SMILES string of the molecule is CNc1c(-c2ccccc2C)cc(C(C)=O)c2cccnc12. The van der Waals surface area contributed by atoms with Gasteiger partial charge >= 0.3 is 0 Å². The summed E-state index contributed by atoms with van der Waals surface area (Å²) in [7, 11) is 1.89. The maximum absolute atomic E-state index is 12.1. The average Bonchev–Trinajstić information content (AvgIpc) is 2.53. The van der Waals surface area contributed by atoms with Gasteiger partial charge in [-0.1, -0.05) is 30.3 Å². The van der Waals surface area contributed by atoms with Crippen molar-refractivity contribution in [2.24, 2.45) is 0 Å². The molecule has 0 aliphatic heterocycles. The largest absolute Gasteiger partial charge is 0.386 e. The fourth-order valence-corrected chi connectivity index (χ4v) is 2.88. The second-order valence-electron chi connectivity index (χ2n) is 5.37. The molecule has 0 atom stereocenters. The van der Waals surface area contributed by atoms with Gasteiger partial charge in [-0.2, -0.15) is 0 Å². The molecule has 2 aromatic carbocycles. The van der Waals surface area contributed by atoms with Crippen molar-refractivity contribution in [1.82, 2.24) is 4.98 Å². The third kappa shape index (κ3) is 2.25. The first kappa shape index (κ1) is 14.3. The van der Waals surface area contributed by atoms with E-state index in [1.807, 2.05) is 37.4 Å². The summed E-state index contributed by atoms with van der Waals surface area (Å²) in [6.07, 6.45) is 1.76. The van der Waals surface area contributed by atoms with Crippen molar-refractivity contribution in [2.75, 3.05) is 12.4 Å². The standard InChI is InChI=1S/C19H18N2O/c1-12-7-4-5-8-14(12)17-11-16(13(2)22)15-9-6-10-21-19(15)18(17)20-3/h4-11,20H,1-3H3. The van der Waals surface area contributed by atoms with Crippen LogP contribution in [-0.2, 0) is 0 Å². The normalized spacial score (nSPS) is 10.7. The van der Waals surface area contributed by atoms with Crippen LogP contribution in [0.5, 0.6) is 0 Å². The molecule has 0 saturated heterocycles. The van der Waals surface area contributed by atoms with Crippen molar-refractivity contribution in [1.29, 1.82) is 0 Å². The lowest BCUT2D eigenvalue weighted by molar-refractivity contribution is 0.101. The first-order valence-electron chi connectivity index (χ1n) is 7.30. The second-order valence-corrected chi connectivity index (χ2v) is 5.37. The molecule has 110 valence electrons. The maximum atomic E-state index is 12.1. The van der Waals surface area contributed by atoms with E-state index in [2.05, 4.69) is 29.4 Å². The van der Waals surface area contributed by atoms with Gasteiger partial charge in [0.1, 0.15) is 0 Å². The third-order valence-corrected chi connectivity index (χ3v) is 3.96. The number of anilines is 1. The number of nitrogens with zero attached hydrogens (tertiary/aromatic N) is 1. The highest BCUT2D eigenvalue weighted by molar-refractivity contribution is 6.12. The van der Waals surface area contributed by atoms with Crippen LogP contribution < -0.4 is 5.32 Å². The molecule has 0 unspecified atom stereocenters. The molecular formula is C19H18N2O. The van der Waals surface area contributed by atoms with E-state index in [0.717, 1.165) is 27.7 Å². The number of hydrogen-bond acceptors (Lipinski definition) is 3. The molecule has 3 rings (SSSR count). The first-order chi connectivity index (χ1) is 10.6. The number of rotatable bonds is 3. The van der Waals surface area contributed by atoms with E-state index in [1.165, 1.54) is 5.56 Å². The number of aromatic nitrogens is 1. The summed E-state index contributed by atoms with van der Waals surface area (Å²) < 4.78 is 0. The summed E-state index contributed by atoms with van der Waals surface area (Å²) in [4.78, 5) is 16.6. The fourth-order valence-electron chi connectivity index (χ4n) is 2.88. The lowest BCUT2D eigenvalue weighted by atomic mass is 9.93. The zero-order valence-electron chi connectivity index (χ0n) is 13.0. The van der Waals surface area contributed by atoms with Gasteiger partial charge in [0.05, 0.1) is 11.2 Å². The number of hydrogen-bond donors (Lipinski definition) is 1. The number of benzene rings is 2. The number of aryl methyl sites for hydroxylation is 1. The van der Waals surface area contributed by atoms with Crippen molar-refractivity contribution >= 4 is 22.4 Å². The van der Waals surface area contributed by atoms with Crippen LogP contribution in [0.1, 0.15) is 22.8 Å². The van der Waals surface area contributed by atoms with E-state index < -0.39 is 0 Å². The van der Waals surface area contributed by atoms with Gasteiger partial charge in [0.2, 0.25) is 0 Å². The molecule has 1 aromatic heterocycles. The monoisotopic (exact) mass is 290 g/mol. The molecule has 0 aliphatic carbocycles. The second kappa shape index (κ2) is 5.60. The Hall–Kier alpha value is -2.68. The fraction of sp³-hybridized carbons (Fsp3) is 0.158. The maximum Gasteiger partial charge on any atom is 0.160 e. The molecule has 0 spiro atoms. The Balaban J connectivity index is 2.45. The van der Waals surface area contributed by atoms with Gasteiger partial charge in [0, 0.05) is 29.8 Å². The molecule has 3 heteroatoms. The van der Waals surface area contributed by atoms with Gasteiger partial charge in [-0.3, -0.25) is 9.78 Å². The molecule has 0 saturated carbocycles. The minimum Gasteiger partial charge on any atom is -0.386 e. The molecule has 1 heterocycles. The van der Waals surface area contributed by atoms with E-state index in [0.29, 0.717) is 5.56 Å². The van der Waals surface area contributed by atoms with Crippen molar-refractivity contribution < 1.29 is 4.79 Å². The molecule has 0 aliphatic rings. The highest BCUT2D eigenvalue weighted by Crippen LogP contribution is 2.37. The summed E-state index contributed by atoms with van der Waals surface area (Å²) in [6.45, 7) is 3.67. The Morgan fingerprint density at radius 3 is 2.55 bits per heavy atom. The van der Waals surface area contributed by atoms with Crippen LogP contribution in [-0.4, -0.2) is 17.8 Å². The van der Waals surface area contributed by atoms with Crippen LogP contribution in [0.3, 0.4) is 0 Å². The highest BCUT2D eigenvalue weighted by atomic mass is 16.1. The number of ketones is 1. The van der Waals surface area contributed by atoms with Crippen LogP contribution in [0.15, 0.2) is 48.7 Å². The lowest BCUT2D eigenvalue weighted by Gasteiger charge is -2.16. The average molecular weight is 290 g/mol. The van der Waals surface area contributed by atoms with Gasteiger partial charge in [0.25, 0.3) is 0 Å². The first-order valence-corrected chi connectivity index (χ1v) is 7.30. The molecule has 0 amide bonds. The zero-order valence-corrected chi connectivity index (χ0v) is 13.0. The van der Waals surface area contributed by atoms with Gasteiger partial charge in [-0.05, 0) is 37.1 Å². The number of fused-ring (bicyclic) bond motifs is 1.